The fourth-order valence-electron chi connectivity index (χ4n) is 3.33. The van der Waals surface area contributed by atoms with Crippen LogP contribution in [0.2, 0.25) is 5.02 Å². The molecule has 0 saturated carbocycles. The highest BCUT2D eigenvalue weighted by atomic mass is 35.5. The monoisotopic (exact) mass is 417 g/mol. The molecule has 4 aromatic rings. The summed E-state index contributed by atoms with van der Waals surface area (Å²) in [6.07, 6.45) is 0.330. The van der Waals surface area contributed by atoms with Crippen molar-refractivity contribution in [1.29, 1.82) is 0 Å². The first-order valence-electron chi connectivity index (χ1n) is 9.60. The second-order valence-corrected chi connectivity index (χ2v) is 7.27. The van der Waals surface area contributed by atoms with Gasteiger partial charge in [-0.05, 0) is 45.8 Å². The molecule has 0 saturated heterocycles. The third-order valence-corrected chi connectivity index (χ3v) is 5.09. The lowest BCUT2D eigenvalue weighted by atomic mass is 9.88. The summed E-state index contributed by atoms with van der Waals surface area (Å²) in [6.45, 7) is 0.227. The predicted octanol–water partition coefficient (Wildman–Crippen LogP) is 4.15. The van der Waals surface area contributed by atoms with Gasteiger partial charge in [-0.25, -0.2) is 0 Å². The topological polar surface area (TPSA) is 72.7 Å². The van der Waals surface area contributed by atoms with Crippen LogP contribution in [-0.4, -0.2) is 26.1 Å². The molecule has 0 bridgehead atoms. The van der Waals surface area contributed by atoms with Crippen LogP contribution in [0.15, 0.2) is 84.9 Å². The lowest BCUT2D eigenvalue weighted by Gasteiger charge is -2.18. The molecular weight excluding hydrogens is 398 g/mol. The molecule has 0 atom stereocenters. The van der Waals surface area contributed by atoms with Gasteiger partial charge in [-0.3, -0.25) is 4.79 Å². The Labute approximate surface area is 179 Å². The van der Waals surface area contributed by atoms with E-state index in [1.165, 1.54) is 0 Å². The molecule has 1 N–H and O–H groups in total. The van der Waals surface area contributed by atoms with Gasteiger partial charge in [0, 0.05) is 17.4 Å². The minimum absolute atomic E-state index is 0.0281. The maximum absolute atomic E-state index is 12.8. The number of nitrogens with one attached hydrogen (secondary N) is 1. The molecule has 150 valence electrons. The van der Waals surface area contributed by atoms with E-state index in [1.54, 1.807) is 16.8 Å². The average Bonchev–Trinajstić information content (AvgIpc) is 3.26. The number of carbonyl (C=O) groups is 1. The Morgan fingerprint density at radius 3 is 2.10 bits per heavy atom. The van der Waals surface area contributed by atoms with Crippen LogP contribution >= 0.6 is 11.6 Å². The van der Waals surface area contributed by atoms with Gasteiger partial charge in [0.1, 0.15) is 0 Å². The Kier molecular flexibility index (Phi) is 6.15. The van der Waals surface area contributed by atoms with Gasteiger partial charge in [-0.1, -0.05) is 72.3 Å². The molecule has 0 aliphatic carbocycles. The Balaban J connectivity index is 1.46. The fraction of sp³-hybridized carbons (Fsp3) is 0.130. The molecule has 0 spiro atoms. The summed E-state index contributed by atoms with van der Waals surface area (Å²) in [5.74, 6) is 0.444. The number of aromatic nitrogens is 4. The Bertz CT molecular complexity index is 1060. The van der Waals surface area contributed by atoms with Crippen molar-refractivity contribution in [3.05, 3.63) is 107 Å². The summed E-state index contributed by atoms with van der Waals surface area (Å²) < 4.78 is 1.59. The summed E-state index contributed by atoms with van der Waals surface area (Å²) in [4.78, 5) is 12.8. The van der Waals surface area contributed by atoms with E-state index < -0.39 is 0 Å². The quantitative estimate of drug-likeness (QED) is 0.490. The van der Waals surface area contributed by atoms with Crippen molar-refractivity contribution in [3.8, 4) is 5.69 Å². The first-order valence-corrected chi connectivity index (χ1v) is 9.98. The van der Waals surface area contributed by atoms with Gasteiger partial charge in [-0.15, -0.1) is 5.10 Å². The Hall–Kier alpha value is -3.51. The molecule has 30 heavy (non-hydrogen) atoms. The van der Waals surface area contributed by atoms with Crippen LogP contribution in [0.1, 0.15) is 29.3 Å². The normalized spacial score (nSPS) is 10.9. The molecule has 7 heteroatoms. The van der Waals surface area contributed by atoms with Crippen LogP contribution in [0.25, 0.3) is 5.69 Å². The number of rotatable bonds is 7. The second-order valence-electron chi connectivity index (χ2n) is 6.84. The van der Waals surface area contributed by atoms with E-state index in [0.29, 0.717) is 17.3 Å². The number of halogens is 1. The Morgan fingerprint density at radius 2 is 1.50 bits per heavy atom. The van der Waals surface area contributed by atoms with E-state index >= 15 is 0 Å². The van der Waals surface area contributed by atoms with Gasteiger partial charge in [0.25, 0.3) is 0 Å². The fourth-order valence-corrected chi connectivity index (χ4v) is 3.46. The number of hydrogen-bond acceptors (Lipinski definition) is 4. The van der Waals surface area contributed by atoms with Crippen molar-refractivity contribution in [2.75, 3.05) is 0 Å². The van der Waals surface area contributed by atoms with E-state index in [0.717, 1.165) is 16.8 Å². The lowest BCUT2D eigenvalue weighted by molar-refractivity contribution is -0.121. The molecule has 4 rings (SSSR count). The van der Waals surface area contributed by atoms with Gasteiger partial charge in [-0.2, -0.15) is 4.68 Å². The Morgan fingerprint density at radius 1 is 0.900 bits per heavy atom. The van der Waals surface area contributed by atoms with Crippen LogP contribution < -0.4 is 5.32 Å². The van der Waals surface area contributed by atoms with E-state index in [2.05, 4.69) is 20.8 Å². The number of carbonyl (C=O) groups excluding carboxylic acids is 1. The lowest BCUT2D eigenvalue weighted by Crippen LogP contribution is -2.26. The molecule has 6 nitrogen and oxygen atoms in total. The second kappa shape index (κ2) is 9.33. The summed E-state index contributed by atoms with van der Waals surface area (Å²) in [6, 6.07) is 27.3. The van der Waals surface area contributed by atoms with Gasteiger partial charge in [0.05, 0.1) is 12.2 Å². The highest BCUT2D eigenvalue weighted by Crippen LogP contribution is 2.27. The SMILES string of the molecule is O=C(CC(c1ccccc1)c1ccccc1)NCc1nnnn1-c1ccc(Cl)cc1. The maximum Gasteiger partial charge on any atom is 0.221 e. The molecule has 1 heterocycles. The van der Waals surface area contributed by atoms with Crippen LogP contribution in [0.3, 0.4) is 0 Å². The summed E-state index contributed by atoms with van der Waals surface area (Å²) in [7, 11) is 0. The van der Waals surface area contributed by atoms with E-state index in [1.807, 2.05) is 72.8 Å². The number of tetrazole rings is 1. The van der Waals surface area contributed by atoms with E-state index in [9.17, 15) is 4.79 Å². The van der Waals surface area contributed by atoms with Gasteiger partial charge in [0.2, 0.25) is 5.91 Å². The number of nitrogens with zero attached hydrogens (tertiary/aromatic N) is 4. The molecule has 0 aliphatic heterocycles. The average molecular weight is 418 g/mol. The van der Waals surface area contributed by atoms with Crippen LogP contribution in [0.5, 0.6) is 0 Å². The van der Waals surface area contributed by atoms with Crippen molar-refractivity contribution in [1.82, 2.24) is 25.5 Å². The first-order chi connectivity index (χ1) is 14.7. The number of hydrogen-bond donors (Lipinski definition) is 1. The minimum atomic E-state index is -0.0710. The minimum Gasteiger partial charge on any atom is -0.349 e. The highest BCUT2D eigenvalue weighted by Gasteiger charge is 2.18. The third-order valence-electron chi connectivity index (χ3n) is 4.84. The van der Waals surface area contributed by atoms with Crippen LogP contribution in [0.4, 0.5) is 0 Å². The van der Waals surface area contributed by atoms with Crippen molar-refractivity contribution < 1.29 is 4.79 Å². The maximum atomic E-state index is 12.8. The molecular formula is C23H20ClN5O. The summed E-state index contributed by atoms with van der Waals surface area (Å²) in [5, 5.41) is 15.4. The largest absolute Gasteiger partial charge is 0.349 e. The van der Waals surface area contributed by atoms with Crippen molar-refractivity contribution in [2.45, 2.75) is 18.9 Å². The highest BCUT2D eigenvalue weighted by molar-refractivity contribution is 6.30. The zero-order chi connectivity index (χ0) is 20.8. The number of amides is 1. The molecule has 0 aliphatic rings. The zero-order valence-electron chi connectivity index (χ0n) is 16.1. The molecule has 1 amide bonds. The molecule has 3 aromatic carbocycles. The predicted molar refractivity (Wildman–Crippen MR) is 115 cm³/mol. The van der Waals surface area contributed by atoms with Gasteiger partial charge < -0.3 is 5.32 Å². The van der Waals surface area contributed by atoms with Gasteiger partial charge >= 0.3 is 0 Å². The van der Waals surface area contributed by atoms with Crippen LogP contribution in [-0.2, 0) is 11.3 Å². The first kappa shape index (κ1) is 19.8. The molecule has 0 radical (unpaired) electrons. The van der Waals surface area contributed by atoms with Crippen molar-refractivity contribution >= 4 is 17.5 Å². The number of benzene rings is 3. The summed E-state index contributed by atoms with van der Waals surface area (Å²) in [5.41, 5.74) is 2.98. The van der Waals surface area contributed by atoms with E-state index in [-0.39, 0.29) is 18.4 Å². The van der Waals surface area contributed by atoms with Crippen molar-refractivity contribution in [3.63, 3.8) is 0 Å². The third kappa shape index (κ3) is 4.72. The van der Waals surface area contributed by atoms with E-state index in [4.69, 9.17) is 11.6 Å². The van der Waals surface area contributed by atoms with Crippen molar-refractivity contribution in [2.24, 2.45) is 0 Å². The smallest absolute Gasteiger partial charge is 0.221 e. The zero-order valence-corrected chi connectivity index (χ0v) is 16.9. The van der Waals surface area contributed by atoms with Crippen LogP contribution in [0, 0.1) is 0 Å². The van der Waals surface area contributed by atoms with Gasteiger partial charge in [0.15, 0.2) is 5.82 Å². The molecule has 0 unspecified atom stereocenters. The molecule has 1 aromatic heterocycles. The molecule has 0 fully saturated rings. The summed E-state index contributed by atoms with van der Waals surface area (Å²) >= 11 is 5.95. The standard InChI is InChI=1S/C23H20ClN5O/c24-19-11-13-20(14-12-19)29-22(26-27-28-29)16-25-23(30)15-21(17-7-3-1-4-8-17)18-9-5-2-6-10-18/h1-14,21H,15-16H2,(H,25,30).